The standard InChI is InChI=1S/C12H9Cl2IN2O/c1-7-11(15)12(18)17(6-16-7)5-8-2-3-9(13)4-10(8)14/h2-4,6H,5H2,1H3. The van der Waals surface area contributed by atoms with Crippen molar-refractivity contribution in [3.63, 3.8) is 0 Å². The fourth-order valence-corrected chi connectivity index (χ4v) is 2.41. The molecular weight excluding hydrogens is 386 g/mol. The lowest BCUT2D eigenvalue weighted by atomic mass is 10.2. The summed E-state index contributed by atoms with van der Waals surface area (Å²) in [6, 6.07) is 5.22. The zero-order chi connectivity index (χ0) is 13.3. The molecule has 0 amide bonds. The Morgan fingerprint density at radius 3 is 2.78 bits per heavy atom. The third-order valence-electron chi connectivity index (χ3n) is 2.51. The molecule has 2 rings (SSSR count). The topological polar surface area (TPSA) is 34.9 Å². The summed E-state index contributed by atoms with van der Waals surface area (Å²) in [5.41, 5.74) is 1.51. The predicted octanol–water partition coefficient (Wildman–Crippen LogP) is 3.51. The van der Waals surface area contributed by atoms with Crippen LogP contribution in [-0.4, -0.2) is 9.55 Å². The Labute approximate surface area is 128 Å². The van der Waals surface area contributed by atoms with E-state index in [1.54, 1.807) is 12.1 Å². The van der Waals surface area contributed by atoms with Gasteiger partial charge >= 0.3 is 0 Å². The molecule has 0 saturated heterocycles. The first-order valence-electron chi connectivity index (χ1n) is 5.14. The molecule has 6 heteroatoms. The van der Waals surface area contributed by atoms with Gasteiger partial charge in [-0.05, 0) is 47.2 Å². The molecule has 94 valence electrons. The maximum atomic E-state index is 12.0. The summed E-state index contributed by atoms with van der Waals surface area (Å²) < 4.78 is 2.16. The molecule has 1 aromatic carbocycles. The van der Waals surface area contributed by atoms with E-state index in [0.29, 0.717) is 20.2 Å². The number of halogens is 3. The molecule has 0 aliphatic carbocycles. The minimum atomic E-state index is -0.0610. The first-order chi connectivity index (χ1) is 8.49. The Kier molecular flexibility index (Phi) is 4.29. The van der Waals surface area contributed by atoms with Crippen LogP contribution in [0, 0.1) is 10.5 Å². The van der Waals surface area contributed by atoms with Crippen LogP contribution in [0.25, 0.3) is 0 Å². The number of nitrogens with zero attached hydrogens (tertiary/aromatic N) is 2. The van der Waals surface area contributed by atoms with Crippen LogP contribution in [0.3, 0.4) is 0 Å². The molecule has 18 heavy (non-hydrogen) atoms. The highest BCUT2D eigenvalue weighted by atomic mass is 127. The molecule has 1 heterocycles. The van der Waals surface area contributed by atoms with Crippen molar-refractivity contribution in [3.05, 3.63) is 59.8 Å². The smallest absolute Gasteiger partial charge is 0.267 e. The summed E-state index contributed by atoms with van der Waals surface area (Å²) >= 11 is 13.9. The number of benzene rings is 1. The molecule has 0 N–H and O–H groups in total. The van der Waals surface area contributed by atoms with Gasteiger partial charge in [0.05, 0.1) is 22.1 Å². The maximum absolute atomic E-state index is 12.0. The molecule has 0 bridgehead atoms. The van der Waals surface area contributed by atoms with E-state index in [4.69, 9.17) is 23.2 Å². The average Bonchev–Trinajstić information content (AvgIpc) is 2.33. The molecule has 0 atom stereocenters. The van der Waals surface area contributed by atoms with Gasteiger partial charge in [-0.2, -0.15) is 0 Å². The van der Waals surface area contributed by atoms with E-state index in [1.807, 2.05) is 35.6 Å². The van der Waals surface area contributed by atoms with Crippen LogP contribution in [0.2, 0.25) is 10.0 Å². The molecule has 0 radical (unpaired) electrons. The largest absolute Gasteiger partial charge is 0.294 e. The predicted molar refractivity (Wildman–Crippen MR) is 81.5 cm³/mol. The zero-order valence-corrected chi connectivity index (χ0v) is 13.1. The van der Waals surface area contributed by atoms with E-state index in [-0.39, 0.29) is 5.56 Å². The van der Waals surface area contributed by atoms with E-state index in [1.165, 1.54) is 10.9 Å². The lowest BCUT2D eigenvalue weighted by molar-refractivity contribution is 0.724. The summed E-state index contributed by atoms with van der Waals surface area (Å²) in [6.07, 6.45) is 1.53. The second kappa shape index (κ2) is 5.59. The van der Waals surface area contributed by atoms with Crippen molar-refractivity contribution in [1.82, 2.24) is 9.55 Å². The van der Waals surface area contributed by atoms with Crippen LogP contribution in [0.4, 0.5) is 0 Å². The van der Waals surface area contributed by atoms with Gasteiger partial charge in [-0.25, -0.2) is 4.98 Å². The van der Waals surface area contributed by atoms with Crippen molar-refractivity contribution >= 4 is 45.8 Å². The van der Waals surface area contributed by atoms with Gasteiger partial charge in [0.1, 0.15) is 0 Å². The number of hydrogen-bond acceptors (Lipinski definition) is 2. The maximum Gasteiger partial charge on any atom is 0.267 e. The van der Waals surface area contributed by atoms with E-state index in [2.05, 4.69) is 4.98 Å². The molecule has 0 saturated carbocycles. The van der Waals surface area contributed by atoms with Crippen molar-refractivity contribution in [3.8, 4) is 0 Å². The SMILES string of the molecule is Cc1ncn(Cc2ccc(Cl)cc2Cl)c(=O)c1I. The minimum absolute atomic E-state index is 0.0610. The lowest BCUT2D eigenvalue weighted by Gasteiger charge is -2.08. The molecule has 1 aromatic heterocycles. The number of hydrogen-bond donors (Lipinski definition) is 0. The summed E-state index contributed by atoms with van der Waals surface area (Å²) in [5.74, 6) is 0. The van der Waals surface area contributed by atoms with Crippen LogP contribution >= 0.6 is 45.8 Å². The van der Waals surface area contributed by atoms with Crippen molar-refractivity contribution in [2.75, 3.05) is 0 Å². The fraction of sp³-hybridized carbons (Fsp3) is 0.167. The Morgan fingerprint density at radius 1 is 1.39 bits per heavy atom. The molecular formula is C12H9Cl2IN2O. The normalized spacial score (nSPS) is 10.7. The molecule has 0 aliphatic heterocycles. The molecule has 0 fully saturated rings. The van der Waals surface area contributed by atoms with Crippen LogP contribution in [0.1, 0.15) is 11.3 Å². The summed E-state index contributed by atoms with van der Waals surface area (Å²) in [7, 11) is 0. The quantitative estimate of drug-likeness (QED) is 0.730. The van der Waals surface area contributed by atoms with Crippen LogP contribution in [-0.2, 0) is 6.54 Å². The third kappa shape index (κ3) is 2.87. The second-order valence-corrected chi connectivity index (χ2v) is 5.74. The van der Waals surface area contributed by atoms with Gasteiger partial charge in [0.2, 0.25) is 0 Å². The number of aryl methyl sites for hydroxylation is 1. The third-order valence-corrected chi connectivity index (χ3v) is 4.34. The van der Waals surface area contributed by atoms with Gasteiger partial charge in [-0.3, -0.25) is 9.36 Å². The summed E-state index contributed by atoms with van der Waals surface area (Å²) in [5, 5.41) is 1.12. The van der Waals surface area contributed by atoms with Crippen molar-refractivity contribution in [2.45, 2.75) is 13.5 Å². The van der Waals surface area contributed by atoms with E-state index >= 15 is 0 Å². The van der Waals surface area contributed by atoms with E-state index in [0.717, 1.165) is 11.3 Å². The molecule has 0 aliphatic rings. The Balaban J connectivity index is 2.41. The first-order valence-corrected chi connectivity index (χ1v) is 6.98. The molecule has 0 spiro atoms. The first kappa shape index (κ1) is 13.8. The Morgan fingerprint density at radius 2 is 2.11 bits per heavy atom. The van der Waals surface area contributed by atoms with Crippen LogP contribution < -0.4 is 5.56 Å². The monoisotopic (exact) mass is 394 g/mol. The highest BCUT2D eigenvalue weighted by Gasteiger charge is 2.08. The Bertz CT molecular complexity index is 655. The molecule has 2 aromatic rings. The van der Waals surface area contributed by atoms with Gasteiger partial charge in [0.25, 0.3) is 5.56 Å². The average molecular weight is 395 g/mol. The highest BCUT2D eigenvalue weighted by molar-refractivity contribution is 14.1. The second-order valence-electron chi connectivity index (χ2n) is 3.81. The Hall–Kier alpha value is -0.590. The van der Waals surface area contributed by atoms with Gasteiger partial charge in [-0.1, -0.05) is 29.3 Å². The van der Waals surface area contributed by atoms with Crippen molar-refractivity contribution in [2.24, 2.45) is 0 Å². The van der Waals surface area contributed by atoms with Crippen molar-refractivity contribution in [1.29, 1.82) is 0 Å². The van der Waals surface area contributed by atoms with Gasteiger partial charge in [0.15, 0.2) is 0 Å². The molecule has 0 unspecified atom stereocenters. The fourth-order valence-electron chi connectivity index (χ4n) is 1.49. The van der Waals surface area contributed by atoms with Gasteiger partial charge in [0, 0.05) is 10.0 Å². The number of aromatic nitrogens is 2. The van der Waals surface area contributed by atoms with Crippen LogP contribution in [0.15, 0.2) is 29.3 Å². The lowest BCUT2D eigenvalue weighted by Crippen LogP contribution is -2.24. The van der Waals surface area contributed by atoms with Gasteiger partial charge < -0.3 is 0 Å². The summed E-state index contributed by atoms with van der Waals surface area (Å²) in [4.78, 5) is 16.2. The number of rotatable bonds is 2. The van der Waals surface area contributed by atoms with E-state index in [9.17, 15) is 4.79 Å². The summed E-state index contributed by atoms with van der Waals surface area (Å²) in [6.45, 7) is 2.20. The van der Waals surface area contributed by atoms with E-state index < -0.39 is 0 Å². The zero-order valence-electron chi connectivity index (χ0n) is 9.45. The van der Waals surface area contributed by atoms with Crippen molar-refractivity contribution < 1.29 is 0 Å². The molecule has 3 nitrogen and oxygen atoms in total. The van der Waals surface area contributed by atoms with Gasteiger partial charge in [-0.15, -0.1) is 0 Å². The highest BCUT2D eigenvalue weighted by Crippen LogP contribution is 2.21. The minimum Gasteiger partial charge on any atom is -0.294 e. The van der Waals surface area contributed by atoms with Crippen LogP contribution in [0.5, 0.6) is 0 Å².